The Balaban J connectivity index is 1.33. The first-order chi connectivity index (χ1) is 16.6. The van der Waals surface area contributed by atoms with Crippen LogP contribution in [0.1, 0.15) is 23.5 Å². The second-order valence-corrected chi connectivity index (χ2v) is 9.49. The maximum Gasteiger partial charge on any atom is 0.229 e. The molecule has 2 aliphatic rings. The first-order valence-electron chi connectivity index (χ1n) is 11.0. The van der Waals surface area contributed by atoms with Crippen LogP contribution in [0.5, 0.6) is 5.75 Å². The van der Waals surface area contributed by atoms with Crippen molar-refractivity contribution in [1.82, 2.24) is 4.90 Å². The average Bonchev–Trinajstić information content (AvgIpc) is 2.89. The van der Waals surface area contributed by atoms with Crippen molar-refractivity contribution in [3.63, 3.8) is 0 Å². The van der Waals surface area contributed by atoms with Gasteiger partial charge in [0, 0.05) is 28.6 Å². The van der Waals surface area contributed by atoms with E-state index >= 15 is 0 Å². The monoisotopic (exact) mass is 487 g/mol. The van der Waals surface area contributed by atoms with Crippen LogP contribution in [-0.2, 0) is 11.4 Å². The number of anilines is 1. The number of hydrogen-bond acceptors (Lipinski definition) is 5. The Morgan fingerprint density at radius 2 is 1.76 bits per heavy atom. The van der Waals surface area contributed by atoms with Crippen molar-refractivity contribution >= 4 is 35.0 Å². The molecular formula is C27H22ClN3O2S. The van der Waals surface area contributed by atoms with E-state index in [4.69, 9.17) is 16.3 Å². The van der Waals surface area contributed by atoms with Gasteiger partial charge < -0.3 is 9.64 Å². The molecule has 5 rings (SSSR count). The van der Waals surface area contributed by atoms with Crippen LogP contribution in [0.25, 0.3) is 0 Å². The van der Waals surface area contributed by atoms with Crippen LogP contribution >= 0.6 is 23.4 Å². The minimum atomic E-state index is -0.253. The third kappa shape index (κ3) is 4.50. The highest BCUT2D eigenvalue weighted by atomic mass is 35.5. The molecule has 0 spiro atoms. The van der Waals surface area contributed by atoms with Crippen molar-refractivity contribution in [2.24, 2.45) is 0 Å². The summed E-state index contributed by atoms with van der Waals surface area (Å²) < 4.78 is 5.88. The lowest BCUT2D eigenvalue weighted by Gasteiger charge is -2.42. The third-order valence-electron chi connectivity index (χ3n) is 6.05. The Hall–Kier alpha value is -3.40. The van der Waals surface area contributed by atoms with Gasteiger partial charge in [-0.25, -0.2) is 0 Å². The zero-order valence-corrected chi connectivity index (χ0v) is 19.9. The number of para-hydroxylation sites is 1. The minimum absolute atomic E-state index is 0.0335. The highest BCUT2D eigenvalue weighted by Gasteiger charge is 2.38. The number of carbonyl (C=O) groups is 1. The normalized spacial score (nSPS) is 17.9. The van der Waals surface area contributed by atoms with Gasteiger partial charge in [0.25, 0.3) is 0 Å². The number of carbonyl (C=O) groups excluding carboxylic acids is 1. The molecule has 1 atom stereocenters. The van der Waals surface area contributed by atoms with Gasteiger partial charge in [0.15, 0.2) is 0 Å². The SMILES string of the molecule is N#CC1=C2SCN(c3ccccc3)CN2C(=O)C[C@@H]1c1ccc(OCc2ccccc2Cl)cc1. The van der Waals surface area contributed by atoms with Crippen molar-refractivity contribution in [2.45, 2.75) is 18.9 Å². The molecule has 2 aliphatic heterocycles. The largest absolute Gasteiger partial charge is 0.489 e. The highest BCUT2D eigenvalue weighted by Crippen LogP contribution is 2.43. The van der Waals surface area contributed by atoms with Crippen LogP contribution in [0.15, 0.2) is 89.5 Å². The fourth-order valence-electron chi connectivity index (χ4n) is 4.22. The van der Waals surface area contributed by atoms with Crippen LogP contribution in [-0.4, -0.2) is 23.4 Å². The Kier molecular flexibility index (Phi) is 6.48. The predicted molar refractivity (Wildman–Crippen MR) is 135 cm³/mol. The van der Waals surface area contributed by atoms with Gasteiger partial charge in [-0.15, -0.1) is 0 Å². The van der Waals surface area contributed by atoms with Gasteiger partial charge in [0.1, 0.15) is 12.4 Å². The Bertz CT molecular complexity index is 1270. The lowest BCUT2D eigenvalue weighted by Crippen LogP contribution is -2.47. The fourth-order valence-corrected chi connectivity index (χ4v) is 5.58. The molecule has 0 radical (unpaired) electrons. The second kappa shape index (κ2) is 9.84. The van der Waals surface area contributed by atoms with Crippen molar-refractivity contribution in [3.05, 3.63) is 106 Å². The molecule has 0 bridgehead atoms. The van der Waals surface area contributed by atoms with Gasteiger partial charge in [-0.05, 0) is 35.9 Å². The number of thioether (sulfide) groups is 1. The maximum absolute atomic E-state index is 13.1. The molecule has 3 aromatic carbocycles. The molecule has 0 aliphatic carbocycles. The molecule has 1 fully saturated rings. The fraction of sp³-hybridized carbons (Fsp3) is 0.185. The van der Waals surface area contributed by atoms with Gasteiger partial charge in [-0.1, -0.05) is 71.9 Å². The second-order valence-electron chi connectivity index (χ2n) is 8.15. The first-order valence-corrected chi connectivity index (χ1v) is 12.3. The molecule has 0 unspecified atom stereocenters. The van der Waals surface area contributed by atoms with E-state index in [-0.39, 0.29) is 18.2 Å². The van der Waals surface area contributed by atoms with Gasteiger partial charge in [-0.2, -0.15) is 5.26 Å². The molecule has 5 nitrogen and oxygen atoms in total. The van der Waals surface area contributed by atoms with Crippen molar-refractivity contribution in [3.8, 4) is 11.8 Å². The summed E-state index contributed by atoms with van der Waals surface area (Å²) >= 11 is 7.75. The summed E-state index contributed by atoms with van der Waals surface area (Å²) in [5.41, 5.74) is 3.58. The molecule has 7 heteroatoms. The molecule has 1 amide bonds. The summed E-state index contributed by atoms with van der Waals surface area (Å²) in [7, 11) is 0. The maximum atomic E-state index is 13.1. The zero-order chi connectivity index (χ0) is 23.5. The number of hydrogen-bond donors (Lipinski definition) is 0. The third-order valence-corrected chi connectivity index (χ3v) is 7.57. The summed E-state index contributed by atoms with van der Waals surface area (Å²) in [6.07, 6.45) is 0.273. The molecule has 1 saturated heterocycles. The Labute approximate surface area is 208 Å². The van der Waals surface area contributed by atoms with E-state index in [2.05, 4.69) is 11.0 Å². The summed E-state index contributed by atoms with van der Waals surface area (Å²) in [6, 6.07) is 27.7. The van der Waals surface area contributed by atoms with E-state index < -0.39 is 0 Å². The first kappa shape index (κ1) is 22.4. The van der Waals surface area contributed by atoms with Gasteiger partial charge in [0.2, 0.25) is 5.91 Å². The molecule has 0 aromatic heterocycles. The van der Waals surface area contributed by atoms with Crippen LogP contribution in [0, 0.1) is 11.3 Å². The summed E-state index contributed by atoms with van der Waals surface area (Å²) in [5, 5.41) is 11.5. The summed E-state index contributed by atoms with van der Waals surface area (Å²) in [6.45, 7) is 0.829. The predicted octanol–water partition coefficient (Wildman–Crippen LogP) is 6.14. The van der Waals surface area contributed by atoms with Crippen LogP contribution in [0.3, 0.4) is 0 Å². The Morgan fingerprint density at radius 1 is 1.03 bits per heavy atom. The number of amides is 1. The van der Waals surface area contributed by atoms with Crippen LogP contribution in [0.2, 0.25) is 5.02 Å². The van der Waals surface area contributed by atoms with Gasteiger partial charge in [0.05, 0.1) is 29.2 Å². The van der Waals surface area contributed by atoms with Gasteiger partial charge in [-0.3, -0.25) is 9.69 Å². The summed E-state index contributed by atoms with van der Waals surface area (Å²) in [4.78, 5) is 17.0. The number of benzene rings is 3. The van der Waals surface area contributed by atoms with Crippen molar-refractivity contribution in [2.75, 3.05) is 17.4 Å². The molecule has 0 N–H and O–H groups in total. The molecule has 2 heterocycles. The molecule has 170 valence electrons. The number of nitrogens with zero attached hydrogens (tertiary/aromatic N) is 3. The van der Waals surface area contributed by atoms with E-state index in [0.29, 0.717) is 35.5 Å². The van der Waals surface area contributed by atoms with Crippen molar-refractivity contribution < 1.29 is 9.53 Å². The lowest BCUT2D eigenvalue weighted by atomic mass is 9.86. The van der Waals surface area contributed by atoms with E-state index in [9.17, 15) is 10.1 Å². The highest BCUT2D eigenvalue weighted by molar-refractivity contribution is 8.03. The number of fused-ring (bicyclic) bond motifs is 1. The minimum Gasteiger partial charge on any atom is -0.489 e. The Morgan fingerprint density at radius 3 is 2.50 bits per heavy atom. The average molecular weight is 488 g/mol. The standard InChI is InChI=1S/C27H22ClN3O2S/c28-25-9-5-4-6-20(25)16-33-22-12-10-19(11-13-22)23-14-26(32)31-17-30(21-7-2-1-3-8-21)18-34-27(31)24(23)15-29/h1-13,23H,14,16-18H2/t23-/m1/s1. The topological polar surface area (TPSA) is 56.6 Å². The van der Waals surface area contributed by atoms with E-state index in [0.717, 1.165) is 21.8 Å². The zero-order valence-electron chi connectivity index (χ0n) is 18.4. The number of nitriles is 1. The summed E-state index contributed by atoms with van der Waals surface area (Å²) in [5.74, 6) is 1.18. The van der Waals surface area contributed by atoms with Crippen LogP contribution < -0.4 is 9.64 Å². The quantitative estimate of drug-likeness (QED) is 0.432. The number of halogens is 1. The van der Waals surface area contributed by atoms with Crippen molar-refractivity contribution in [1.29, 1.82) is 5.26 Å². The van der Waals surface area contributed by atoms with E-state index in [1.807, 2.05) is 78.9 Å². The number of ether oxygens (including phenoxy) is 1. The smallest absolute Gasteiger partial charge is 0.229 e. The number of rotatable bonds is 5. The molecule has 34 heavy (non-hydrogen) atoms. The van der Waals surface area contributed by atoms with Gasteiger partial charge >= 0.3 is 0 Å². The van der Waals surface area contributed by atoms with Crippen LogP contribution in [0.4, 0.5) is 5.69 Å². The number of allylic oxidation sites excluding steroid dienone is 1. The van der Waals surface area contributed by atoms with E-state index in [1.54, 1.807) is 16.7 Å². The molecule has 3 aromatic rings. The molecular weight excluding hydrogens is 466 g/mol. The lowest BCUT2D eigenvalue weighted by molar-refractivity contribution is -0.129. The van der Waals surface area contributed by atoms with E-state index in [1.165, 1.54) is 0 Å². The molecule has 0 saturated carbocycles.